The molecule has 0 radical (unpaired) electrons. The maximum atomic E-state index is 4.71. The van der Waals surface area contributed by atoms with Gasteiger partial charge in [0.2, 0.25) is 0 Å². The van der Waals surface area contributed by atoms with Crippen molar-refractivity contribution in [2.75, 3.05) is 6.54 Å². The van der Waals surface area contributed by atoms with Gasteiger partial charge in [-0.25, -0.2) is 0 Å². The number of hydrogen-bond donors (Lipinski definition) is 1. The van der Waals surface area contributed by atoms with Crippen molar-refractivity contribution in [3.8, 4) is 0 Å². The predicted octanol–water partition coefficient (Wildman–Crippen LogP) is 3.45. The largest absolute Gasteiger partial charge is 0.309 e. The molecule has 0 saturated carbocycles. The van der Waals surface area contributed by atoms with Crippen LogP contribution in [0, 0.1) is 6.92 Å². The number of nitrogens with one attached hydrogen (secondary N) is 1. The van der Waals surface area contributed by atoms with Gasteiger partial charge in [0.1, 0.15) is 0 Å². The van der Waals surface area contributed by atoms with Crippen LogP contribution in [0.5, 0.6) is 0 Å². The molecule has 2 atom stereocenters. The summed E-state index contributed by atoms with van der Waals surface area (Å²) in [5.41, 5.74) is 3.47. The standard InChI is InChI=1S/C17H26N4/c1-5-14(4)21-11-9-15(20-21)12-16(18-6-2)17-13(3)8-7-10-19-17/h7-11,14,16,18H,5-6,12H2,1-4H3. The summed E-state index contributed by atoms with van der Waals surface area (Å²) in [6, 6.07) is 6.89. The van der Waals surface area contributed by atoms with Crippen LogP contribution in [0.4, 0.5) is 0 Å². The lowest BCUT2D eigenvalue weighted by atomic mass is 10.0. The lowest BCUT2D eigenvalue weighted by Gasteiger charge is -2.18. The van der Waals surface area contributed by atoms with Gasteiger partial charge >= 0.3 is 0 Å². The number of likely N-dealkylation sites (N-methyl/N-ethyl adjacent to an activating group) is 1. The molecular formula is C17H26N4. The third-order valence-electron chi connectivity index (χ3n) is 3.95. The lowest BCUT2D eigenvalue weighted by Crippen LogP contribution is -2.25. The first-order valence-electron chi connectivity index (χ1n) is 7.84. The molecule has 2 heterocycles. The predicted molar refractivity (Wildman–Crippen MR) is 86.3 cm³/mol. The summed E-state index contributed by atoms with van der Waals surface area (Å²) in [6.45, 7) is 9.55. The Morgan fingerprint density at radius 3 is 2.76 bits per heavy atom. The summed E-state index contributed by atoms with van der Waals surface area (Å²) >= 11 is 0. The van der Waals surface area contributed by atoms with Crippen LogP contribution >= 0.6 is 0 Å². The van der Waals surface area contributed by atoms with Crippen molar-refractivity contribution in [2.45, 2.75) is 52.6 Å². The number of aryl methyl sites for hydroxylation is 1. The number of pyridine rings is 1. The molecule has 4 heteroatoms. The summed E-state index contributed by atoms with van der Waals surface area (Å²) < 4.78 is 2.06. The van der Waals surface area contributed by atoms with Crippen LogP contribution in [0.25, 0.3) is 0 Å². The molecule has 0 amide bonds. The summed E-state index contributed by atoms with van der Waals surface area (Å²) in [5.74, 6) is 0. The Balaban J connectivity index is 2.17. The Morgan fingerprint density at radius 2 is 2.10 bits per heavy atom. The fraction of sp³-hybridized carbons (Fsp3) is 0.529. The highest BCUT2D eigenvalue weighted by atomic mass is 15.3. The highest BCUT2D eigenvalue weighted by Crippen LogP contribution is 2.19. The fourth-order valence-electron chi connectivity index (χ4n) is 2.50. The second-order valence-electron chi connectivity index (χ2n) is 5.56. The summed E-state index contributed by atoms with van der Waals surface area (Å²) in [7, 11) is 0. The highest BCUT2D eigenvalue weighted by Gasteiger charge is 2.16. The zero-order valence-electron chi connectivity index (χ0n) is 13.5. The Morgan fingerprint density at radius 1 is 1.29 bits per heavy atom. The Hall–Kier alpha value is -1.68. The van der Waals surface area contributed by atoms with Crippen molar-refractivity contribution in [3.63, 3.8) is 0 Å². The van der Waals surface area contributed by atoms with Gasteiger partial charge in [-0.3, -0.25) is 9.67 Å². The molecule has 0 aliphatic carbocycles. The molecule has 2 aromatic heterocycles. The smallest absolute Gasteiger partial charge is 0.0644 e. The van der Waals surface area contributed by atoms with Crippen molar-refractivity contribution in [1.29, 1.82) is 0 Å². The lowest BCUT2D eigenvalue weighted by molar-refractivity contribution is 0.465. The monoisotopic (exact) mass is 286 g/mol. The highest BCUT2D eigenvalue weighted by molar-refractivity contribution is 5.22. The van der Waals surface area contributed by atoms with Gasteiger partial charge in [-0.1, -0.05) is 19.9 Å². The van der Waals surface area contributed by atoms with Gasteiger partial charge in [0.05, 0.1) is 17.4 Å². The average Bonchev–Trinajstić information content (AvgIpc) is 2.95. The van der Waals surface area contributed by atoms with Crippen LogP contribution in [0.2, 0.25) is 0 Å². The minimum Gasteiger partial charge on any atom is -0.309 e. The molecule has 2 aromatic rings. The fourth-order valence-corrected chi connectivity index (χ4v) is 2.50. The van der Waals surface area contributed by atoms with Gasteiger partial charge in [-0.2, -0.15) is 5.10 Å². The summed E-state index contributed by atoms with van der Waals surface area (Å²) in [5, 5.41) is 8.24. The van der Waals surface area contributed by atoms with E-state index in [2.05, 4.69) is 61.0 Å². The molecule has 0 saturated heterocycles. The maximum absolute atomic E-state index is 4.71. The van der Waals surface area contributed by atoms with Gasteiger partial charge in [0, 0.05) is 24.9 Å². The molecule has 21 heavy (non-hydrogen) atoms. The second-order valence-corrected chi connectivity index (χ2v) is 5.56. The van der Waals surface area contributed by atoms with E-state index in [1.807, 2.05) is 12.3 Å². The maximum Gasteiger partial charge on any atom is 0.0644 e. The van der Waals surface area contributed by atoms with Gasteiger partial charge in [-0.05, 0) is 44.5 Å². The number of aromatic nitrogens is 3. The average molecular weight is 286 g/mol. The van der Waals surface area contributed by atoms with Crippen LogP contribution in [-0.4, -0.2) is 21.3 Å². The van der Waals surface area contributed by atoms with Gasteiger partial charge in [0.25, 0.3) is 0 Å². The van der Waals surface area contributed by atoms with Crippen molar-refractivity contribution in [2.24, 2.45) is 0 Å². The molecule has 0 spiro atoms. The van der Waals surface area contributed by atoms with Crippen LogP contribution < -0.4 is 5.32 Å². The number of rotatable bonds is 7. The molecule has 4 nitrogen and oxygen atoms in total. The molecule has 114 valence electrons. The van der Waals surface area contributed by atoms with E-state index in [1.165, 1.54) is 5.56 Å². The van der Waals surface area contributed by atoms with Crippen LogP contribution in [0.1, 0.15) is 56.2 Å². The van der Waals surface area contributed by atoms with Crippen molar-refractivity contribution < 1.29 is 0 Å². The van der Waals surface area contributed by atoms with E-state index in [0.29, 0.717) is 6.04 Å². The summed E-state index contributed by atoms with van der Waals surface area (Å²) in [6.07, 6.45) is 5.91. The first kappa shape index (κ1) is 15.7. The topological polar surface area (TPSA) is 42.7 Å². The van der Waals surface area contributed by atoms with E-state index >= 15 is 0 Å². The molecular weight excluding hydrogens is 260 g/mol. The van der Waals surface area contributed by atoms with Gasteiger partial charge in [-0.15, -0.1) is 0 Å². The van der Waals surface area contributed by atoms with E-state index in [4.69, 9.17) is 5.10 Å². The van der Waals surface area contributed by atoms with Crippen LogP contribution in [-0.2, 0) is 6.42 Å². The zero-order chi connectivity index (χ0) is 15.2. The molecule has 1 N–H and O–H groups in total. The van der Waals surface area contributed by atoms with E-state index < -0.39 is 0 Å². The first-order chi connectivity index (χ1) is 10.2. The molecule has 0 aliphatic rings. The Bertz CT molecular complexity index is 561. The number of nitrogens with zero attached hydrogens (tertiary/aromatic N) is 3. The minimum atomic E-state index is 0.219. The van der Waals surface area contributed by atoms with E-state index in [1.54, 1.807) is 0 Å². The van der Waals surface area contributed by atoms with Gasteiger partial charge < -0.3 is 5.32 Å². The minimum absolute atomic E-state index is 0.219. The quantitative estimate of drug-likeness (QED) is 0.847. The third-order valence-corrected chi connectivity index (χ3v) is 3.95. The normalized spacial score (nSPS) is 14.1. The molecule has 2 unspecified atom stereocenters. The van der Waals surface area contributed by atoms with Crippen LogP contribution in [0.15, 0.2) is 30.6 Å². The number of hydrogen-bond acceptors (Lipinski definition) is 3. The summed E-state index contributed by atoms with van der Waals surface area (Å²) in [4.78, 5) is 4.55. The SMILES string of the molecule is CCNC(Cc1ccn(C(C)CC)n1)c1ncccc1C. The third kappa shape index (κ3) is 3.91. The molecule has 0 fully saturated rings. The zero-order valence-corrected chi connectivity index (χ0v) is 13.5. The van der Waals surface area contributed by atoms with Crippen molar-refractivity contribution >= 4 is 0 Å². The van der Waals surface area contributed by atoms with E-state index in [9.17, 15) is 0 Å². The molecule has 0 bridgehead atoms. The first-order valence-corrected chi connectivity index (χ1v) is 7.84. The van der Waals surface area contributed by atoms with Crippen molar-refractivity contribution in [1.82, 2.24) is 20.1 Å². The Kier molecular flexibility index (Phi) is 5.51. The molecule has 0 aromatic carbocycles. The van der Waals surface area contributed by atoms with E-state index in [0.717, 1.165) is 30.8 Å². The Labute approximate surface area is 127 Å². The van der Waals surface area contributed by atoms with Crippen LogP contribution in [0.3, 0.4) is 0 Å². The van der Waals surface area contributed by atoms with Gasteiger partial charge in [0.15, 0.2) is 0 Å². The van der Waals surface area contributed by atoms with Crippen molar-refractivity contribution in [3.05, 3.63) is 47.5 Å². The molecule has 2 rings (SSSR count). The van der Waals surface area contributed by atoms with E-state index in [-0.39, 0.29) is 6.04 Å². The molecule has 0 aliphatic heterocycles. The second kappa shape index (κ2) is 7.36.